The maximum atomic E-state index is 12.2. The van der Waals surface area contributed by atoms with Crippen LogP contribution in [0.4, 0.5) is 0 Å². The monoisotopic (exact) mass is 283 g/mol. The Kier molecular flexibility index (Phi) is 4.04. The Morgan fingerprint density at radius 2 is 2.29 bits per heavy atom. The zero-order chi connectivity index (χ0) is 14.7. The van der Waals surface area contributed by atoms with Crippen LogP contribution in [0.3, 0.4) is 0 Å². The second-order valence-electron chi connectivity index (χ2n) is 5.67. The van der Waals surface area contributed by atoms with E-state index >= 15 is 0 Å². The van der Waals surface area contributed by atoms with Crippen molar-refractivity contribution in [2.45, 2.75) is 32.1 Å². The molecule has 1 N–H and O–H groups in total. The van der Waals surface area contributed by atoms with Crippen molar-refractivity contribution in [3.63, 3.8) is 0 Å². The Hall–Kier alpha value is -2.10. The summed E-state index contributed by atoms with van der Waals surface area (Å²) < 4.78 is 1.95. The van der Waals surface area contributed by atoms with Gasteiger partial charge in [0.15, 0.2) is 0 Å². The van der Waals surface area contributed by atoms with Crippen LogP contribution in [0.1, 0.15) is 42.5 Å². The molecule has 1 amide bonds. The highest BCUT2D eigenvalue weighted by Crippen LogP contribution is 2.19. The molecule has 0 radical (unpaired) electrons. The third kappa shape index (κ3) is 3.15. The Morgan fingerprint density at radius 1 is 1.38 bits per heavy atom. The Balaban J connectivity index is 1.60. The molecule has 1 aliphatic carbocycles. The van der Waals surface area contributed by atoms with Gasteiger partial charge in [0.1, 0.15) is 0 Å². The molecule has 4 heteroatoms. The normalized spacial score (nSPS) is 15.0. The minimum Gasteiger partial charge on any atom is -0.352 e. The first-order chi connectivity index (χ1) is 10.2. The van der Waals surface area contributed by atoms with Gasteiger partial charge in [0.25, 0.3) is 5.91 Å². The van der Waals surface area contributed by atoms with Crippen molar-refractivity contribution in [1.29, 1.82) is 0 Å². The number of carbonyl (C=O) groups excluding carboxylic acids is 1. The van der Waals surface area contributed by atoms with Crippen molar-refractivity contribution in [1.82, 2.24) is 14.9 Å². The summed E-state index contributed by atoms with van der Waals surface area (Å²) in [5, 5.41) is 3.00. The van der Waals surface area contributed by atoms with Gasteiger partial charge in [0.05, 0.1) is 17.4 Å². The summed E-state index contributed by atoms with van der Waals surface area (Å²) in [6.45, 7) is 0.713. The molecule has 3 rings (SSSR count). The van der Waals surface area contributed by atoms with E-state index in [0.717, 1.165) is 17.5 Å². The number of aryl methyl sites for hydroxylation is 1. The molecule has 0 unspecified atom stereocenters. The molecule has 0 saturated heterocycles. The van der Waals surface area contributed by atoms with Crippen LogP contribution in [0.25, 0.3) is 11.0 Å². The van der Waals surface area contributed by atoms with Crippen molar-refractivity contribution >= 4 is 16.9 Å². The van der Waals surface area contributed by atoms with E-state index in [1.54, 1.807) is 6.33 Å². The fraction of sp³-hybridized carbons (Fsp3) is 0.412. The van der Waals surface area contributed by atoms with Crippen molar-refractivity contribution in [2.24, 2.45) is 7.05 Å². The number of rotatable bonds is 4. The van der Waals surface area contributed by atoms with E-state index in [1.807, 2.05) is 29.8 Å². The third-order valence-electron chi connectivity index (χ3n) is 4.10. The smallest absolute Gasteiger partial charge is 0.251 e. The zero-order valence-corrected chi connectivity index (χ0v) is 12.4. The van der Waals surface area contributed by atoms with Gasteiger partial charge in [0, 0.05) is 19.2 Å². The molecule has 0 aliphatic heterocycles. The van der Waals surface area contributed by atoms with Crippen LogP contribution in [0, 0.1) is 0 Å². The summed E-state index contributed by atoms with van der Waals surface area (Å²) in [6.07, 6.45) is 10.0. The molecule has 0 atom stereocenters. The van der Waals surface area contributed by atoms with E-state index in [2.05, 4.69) is 16.4 Å². The number of nitrogens with zero attached hydrogens (tertiary/aromatic N) is 2. The van der Waals surface area contributed by atoms with Crippen LogP contribution in [-0.4, -0.2) is 22.0 Å². The maximum Gasteiger partial charge on any atom is 0.251 e. The van der Waals surface area contributed by atoms with Gasteiger partial charge in [-0.3, -0.25) is 4.79 Å². The van der Waals surface area contributed by atoms with Gasteiger partial charge in [-0.1, -0.05) is 11.6 Å². The lowest BCUT2D eigenvalue weighted by Gasteiger charge is -2.13. The summed E-state index contributed by atoms with van der Waals surface area (Å²) in [5.41, 5.74) is 4.07. The molecule has 0 spiro atoms. The molecule has 2 aromatic rings. The molecule has 0 bridgehead atoms. The molecule has 1 heterocycles. The minimum atomic E-state index is -0.0148. The number of aromatic nitrogens is 2. The number of nitrogens with one attached hydrogen (secondary N) is 1. The Labute approximate surface area is 124 Å². The topological polar surface area (TPSA) is 46.9 Å². The van der Waals surface area contributed by atoms with Crippen LogP contribution < -0.4 is 5.32 Å². The highest BCUT2D eigenvalue weighted by molar-refractivity contribution is 5.97. The molecule has 21 heavy (non-hydrogen) atoms. The molecule has 110 valence electrons. The average molecular weight is 283 g/mol. The van der Waals surface area contributed by atoms with Crippen LogP contribution in [-0.2, 0) is 7.05 Å². The third-order valence-corrected chi connectivity index (χ3v) is 4.10. The van der Waals surface area contributed by atoms with Gasteiger partial charge in [-0.15, -0.1) is 0 Å². The number of benzene rings is 1. The Bertz CT molecular complexity index is 684. The minimum absolute atomic E-state index is 0.0148. The van der Waals surface area contributed by atoms with Gasteiger partial charge < -0.3 is 9.88 Å². The number of fused-ring (bicyclic) bond motifs is 1. The number of allylic oxidation sites excluding steroid dienone is 1. The standard InChI is InChI=1S/C17H21N3O/c1-20-12-19-15-11-14(7-8-16(15)20)17(21)18-10-9-13-5-3-2-4-6-13/h5,7-8,11-12H,2-4,6,9-10H2,1H3,(H,18,21). The van der Waals surface area contributed by atoms with Gasteiger partial charge >= 0.3 is 0 Å². The fourth-order valence-electron chi connectivity index (χ4n) is 2.85. The van der Waals surface area contributed by atoms with Crippen molar-refractivity contribution < 1.29 is 4.79 Å². The van der Waals surface area contributed by atoms with E-state index in [-0.39, 0.29) is 5.91 Å². The lowest BCUT2D eigenvalue weighted by atomic mass is 9.97. The lowest BCUT2D eigenvalue weighted by Crippen LogP contribution is -2.24. The summed E-state index contributed by atoms with van der Waals surface area (Å²) in [5.74, 6) is -0.0148. The summed E-state index contributed by atoms with van der Waals surface area (Å²) >= 11 is 0. The van der Waals surface area contributed by atoms with Crippen molar-refractivity contribution in [3.05, 3.63) is 41.7 Å². The number of hydrogen-bond acceptors (Lipinski definition) is 2. The number of imidazole rings is 1. The molecule has 4 nitrogen and oxygen atoms in total. The van der Waals surface area contributed by atoms with Gasteiger partial charge in [0.2, 0.25) is 0 Å². The van der Waals surface area contributed by atoms with Crippen LogP contribution in [0.15, 0.2) is 36.2 Å². The predicted octanol–water partition coefficient (Wildman–Crippen LogP) is 3.19. The lowest BCUT2D eigenvalue weighted by molar-refractivity contribution is 0.0954. The first-order valence-electron chi connectivity index (χ1n) is 7.61. The van der Waals surface area contributed by atoms with Gasteiger partial charge in [-0.2, -0.15) is 0 Å². The molecular weight excluding hydrogens is 262 g/mol. The first-order valence-corrected chi connectivity index (χ1v) is 7.61. The molecule has 0 saturated carbocycles. The zero-order valence-electron chi connectivity index (χ0n) is 12.4. The van der Waals surface area contributed by atoms with Gasteiger partial charge in [-0.25, -0.2) is 4.98 Å². The SMILES string of the molecule is Cn1cnc2cc(C(=O)NCCC3=CCCCC3)ccc21. The molecule has 1 aromatic carbocycles. The number of hydrogen-bond donors (Lipinski definition) is 1. The average Bonchev–Trinajstić information content (AvgIpc) is 2.89. The maximum absolute atomic E-state index is 12.2. The summed E-state index contributed by atoms with van der Waals surface area (Å²) in [7, 11) is 1.95. The second-order valence-corrected chi connectivity index (χ2v) is 5.67. The highest BCUT2D eigenvalue weighted by Gasteiger charge is 2.09. The van der Waals surface area contributed by atoms with Gasteiger partial charge in [-0.05, 0) is 50.3 Å². The van der Waals surface area contributed by atoms with E-state index in [1.165, 1.54) is 31.3 Å². The van der Waals surface area contributed by atoms with E-state index in [0.29, 0.717) is 12.1 Å². The first kappa shape index (κ1) is 13.9. The summed E-state index contributed by atoms with van der Waals surface area (Å²) in [4.78, 5) is 16.5. The second kappa shape index (κ2) is 6.12. The highest BCUT2D eigenvalue weighted by atomic mass is 16.1. The molecular formula is C17H21N3O. The quantitative estimate of drug-likeness (QED) is 0.876. The predicted molar refractivity (Wildman–Crippen MR) is 84.2 cm³/mol. The number of amides is 1. The van der Waals surface area contributed by atoms with Crippen molar-refractivity contribution in [3.8, 4) is 0 Å². The van der Waals surface area contributed by atoms with Crippen LogP contribution >= 0.6 is 0 Å². The van der Waals surface area contributed by atoms with Crippen molar-refractivity contribution in [2.75, 3.05) is 6.54 Å². The van der Waals surface area contributed by atoms with E-state index < -0.39 is 0 Å². The number of carbonyl (C=O) groups is 1. The van der Waals surface area contributed by atoms with E-state index in [4.69, 9.17) is 0 Å². The Morgan fingerprint density at radius 3 is 3.10 bits per heavy atom. The molecule has 1 aliphatic rings. The molecule has 0 fully saturated rings. The van der Waals surface area contributed by atoms with E-state index in [9.17, 15) is 4.79 Å². The van der Waals surface area contributed by atoms with Crippen LogP contribution in [0.5, 0.6) is 0 Å². The fourth-order valence-corrected chi connectivity index (χ4v) is 2.85. The molecule has 1 aromatic heterocycles. The summed E-state index contributed by atoms with van der Waals surface area (Å²) in [6, 6.07) is 5.66. The van der Waals surface area contributed by atoms with Crippen LogP contribution in [0.2, 0.25) is 0 Å². The largest absolute Gasteiger partial charge is 0.352 e.